The first kappa shape index (κ1) is 15.2. The Kier molecular flexibility index (Phi) is 4.05. The minimum absolute atomic E-state index is 0.152. The second-order valence-corrected chi connectivity index (χ2v) is 7.50. The predicted octanol–water partition coefficient (Wildman–Crippen LogP) is 1.08. The maximum atomic E-state index is 12.6. The minimum atomic E-state index is -3.52. The van der Waals surface area contributed by atoms with Gasteiger partial charge < -0.3 is 0 Å². The zero-order valence-corrected chi connectivity index (χ0v) is 13.4. The number of nitrogens with zero attached hydrogens (tertiary/aromatic N) is 4. The molecular formula is C14H20N4O3S. The summed E-state index contributed by atoms with van der Waals surface area (Å²) >= 11 is 0. The molecule has 0 aliphatic carbocycles. The number of hydrogen-bond acceptors (Lipinski definition) is 4. The highest BCUT2D eigenvalue weighted by molar-refractivity contribution is 7.89. The van der Waals surface area contributed by atoms with Gasteiger partial charge in [-0.05, 0) is 31.4 Å². The van der Waals surface area contributed by atoms with Crippen molar-refractivity contribution in [3.8, 4) is 0 Å². The molecule has 120 valence electrons. The Balaban J connectivity index is 2.02. The second-order valence-electron chi connectivity index (χ2n) is 5.56. The van der Waals surface area contributed by atoms with Crippen LogP contribution >= 0.6 is 0 Å². The van der Waals surface area contributed by atoms with Gasteiger partial charge in [-0.15, -0.1) is 5.10 Å². The van der Waals surface area contributed by atoms with Crippen LogP contribution in [0.15, 0.2) is 28.0 Å². The van der Waals surface area contributed by atoms with Crippen molar-refractivity contribution in [2.24, 2.45) is 0 Å². The average Bonchev–Trinajstić information content (AvgIpc) is 3.14. The van der Waals surface area contributed by atoms with Crippen LogP contribution in [0.3, 0.4) is 0 Å². The number of hydrogen-bond donors (Lipinski definition) is 0. The molecule has 0 N–H and O–H groups in total. The summed E-state index contributed by atoms with van der Waals surface area (Å²) in [7, 11) is -3.52. The van der Waals surface area contributed by atoms with Crippen LogP contribution in [0.2, 0.25) is 0 Å². The number of unbranched alkanes of at least 4 members (excludes halogenated alkanes) is 1. The van der Waals surface area contributed by atoms with Gasteiger partial charge in [-0.25, -0.2) is 22.3 Å². The third kappa shape index (κ3) is 2.56. The van der Waals surface area contributed by atoms with Gasteiger partial charge in [0.15, 0.2) is 5.65 Å². The number of rotatable bonds is 5. The molecule has 0 bridgehead atoms. The fourth-order valence-corrected chi connectivity index (χ4v) is 4.20. The van der Waals surface area contributed by atoms with Gasteiger partial charge in [0.25, 0.3) is 0 Å². The number of pyridine rings is 1. The second kappa shape index (κ2) is 5.85. The van der Waals surface area contributed by atoms with Crippen molar-refractivity contribution >= 4 is 15.7 Å². The van der Waals surface area contributed by atoms with E-state index in [9.17, 15) is 13.2 Å². The summed E-state index contributed by atoms with van der Waals surface area (Å²) in [5.41, 5.74) is 0.184. The summed E-state index contributed by atoms with van der Waals surface area (Å²) in [5.74, 6) is 0. The average molecular weight is 324 g/mol. The number of aromatic nitrogens is 3. The van der Waals surface area contributed by atoms with E-state index in [1.54, 1.807) is 6.07 Å². The van der Waals surface area contributed by atoms with Crippen LogP contribution in [0.25, 0.3) is 5.65 Å². The molecule has 0 amide bonds. The van der Waals surface area contributed by atoms with Crippen molar-refractivity contribution < 1.29 is 8.42 Å². The van der Waals surface area contributed by atoms with E-state index in [2.05, 4.69) is 5.10 Å². The van der Waals surface area contributed by atoms with Gasteiger partial charge in [-0.1, -0.05) is 13.3 Å². The van der Waals surface area contributed by atoms with E-state index in [0.29, 0.717) is 25.3 Å². The van der Waals surface area contributed by atoms with Crippen LogP contribution in [0.1, 0.15) is 32.6 Å². The van der Waals surface area contributed by atoms with E-state index < -0.39 is 10.0 Å². The highest BCUT2D eigenvalue weighted by atomic mass is 32.2. The van der Waals surface area contributed by atoms with Crippen molar-refractivity contribution in [3.63, 3.8) is 0 Å². The van der Waals surface area contributed by atoms with Crippen molar-refractivity contribution in [2.75, 3.05) is 13.1 Å². The van der Waals surface area contributed by atoms with E-state index in [4.69, 9.17) is 0 Å². The Bertz CT molecular complexity index is 831. The van der Waals surface area contributed by atoms with Gasteiger partial charge in [0.2, 0.25) is 10.0 Å². The molecule has 0 spiro atoms. The molecule has 22 heavy (non-hydrogen) atoms. The Morgan fingerprint density at radius 2 is 1.95 bits per heavy atom. The minimum Gasteiger partial charge on any atom is -0.249 e. The molecule has 8 heteroatoms. The smallest absolute Gasteiger partial charge is 0.249 e. The number of sulfonamides is 1. The molecule has 1 saturated heterocycles. The molecule has 2 aromatic rings. The van der Waals surface area contributed by atoms with Crippen LogP contribution in [0, 0.1) is 0 Å². The van der Waals surface area contributed by atoms with E-state index in [0.717, 1.165) is 25.7 Å². The Morgan fingerprint density at radius 1 is 1.23 bits per heavy atom. The Hall–Kier alpha value is -1.67. The lowest BCUT2D eigenvalue weighted by molar-refractivity contribution is 0.477. The summed E-state index contributed by atoms with van der Waals surface area (Å²) < 4.78 is 29.3. The van der Waals surface area contributed by atoms with E-state index in [1.807, 2.05) is 6.92 Å². The maximum absolute atomic E-state index is 12.6. The van der Waals surface area contributed by atoms with Gasteiger partial charge in [0, 0.05) is 25.8 Å². The normalized spacial score (nSPS) is 16.6. The fourth-order valence-electron chi connectivity index (χ4n) is 2.68. The first-order valence-electron chi connectivity index (χ1n) is 7.63. The topological polar surface area (TPSA) is 76.7 Å². The lowest BCUT2D eigenvalue weighted by atomic mass is 10.3. The molecule has 2 aromatic heterocycles. The summed E-state index contributed by atoms with van der Waals surface area (Å²) in [4.78, 5) is 12.4. The number of fused-ring (bicyclic) bond motifs is 1. The quantitative estimate of drug-likeness (QED) is 0.824. The van der Waals surface area contributed by atoms with Crippen LogP contribution in [-0.4, -0.2) is 40.0 Å². The molecule has 1 fully saturated rings. The summed E-state index contributed by atoms with van der Waals surface area (Å²) in [6.45, 7) is 3.68. The van der Waals surface area contributed by atoms with Gasteiger partial charge in [-0.3, -0.25) is 0 Å². The maximum Gasteiger partial charge on any atom is 0.350 e. The van der Waals surface area contributed by atoms with Gasteiger partial charge in [0.1, 0.15) is 0 Å². The van der Waals surface area contributed by atoms with Crippen molar-refractivity contribution in [1.82, 2.24) is 18.5 Å². The van der Waals surface area contributed by atoms with Gasteiger partial charge >= 0.3 is 5.69 Å². The molecule has 0 unspecified atom stereocenters. The third-order valence-corrected chi connectivity index (χ3v) is 5.86. The van der Waals surface area contributed by atoms with Gasteiger partial charge in [-0.2, -0.15) is 4.31 Å². The zero-order valence-electron chi connectivity index (χ0n) is 12.6. The predicted molar refractivity (Wildman–Crippen MR) is 82.4 cm³/mol. The molecule has 0 atom stereocenters. The largest absolute Gasteiger partial charge is 0.350 e. The van der Waals surface area contributed by atoms with Crippen LogP contribution in [-0.2, 0) is 16.6 Å². The molecule has 1 aliphatic heterocycles. The van der Waals surface area contributed by atoms with E-state index >= 15 is 0 Å². The van der Waals surface area contributed by atoms with E-state index in [-0.39, 0.29) is 10.6 Å². The summed E-state index contributed by atoms with van der Waals surface area (Å²) in [5, 5.41) is 4.23. The Labute approximate surface area is 129 Å². The SMILES string of the molecule is CCCCn1nc2ccc(S(=O)(=O)N3CCCC3)cn2c1=O. The summed E-state index contributed by atoms with van der Waals surface area (Å²) in [6, 6.07) is 3.12. The monoisotopic (exact) mass is 324 g/mol. The molecule has 3 heterocycles. The lowest BCUT2D eigenvalue weighted by Crippen LogP contribution is -2.28. The lowest BCUT2D eigenvalue weighted by Gasteiger charge is -2.15. The molecule has 7 nitrogen and oxygen atoms in total. The van der Waals surface area contributed by atoms with Gasteiger partial charge in [0.05, 0.1) is 4.90 Å². The van der Waals surface area contributed by atoms with Crippen molar-refractivity contribution in [3.05, 3.63) is 28.8 Å². The molecular weight excluding hydrogens is 304 g/mol. The Morgan fingerprint density at radius 3 is 2.64 bits per heavy atom. The van der Waals surface area contributed by atoms with Crippen LogP contribution < -0.4 is 5.69 Å². The highest BCUT2D eigenvalue weighted by Gasteiger charge is 2.27. The van der Waals surface area contributed by atoms with Crippen molar-refractivity contribution in [1.29, 1.82) is 0 Å². The first-order valence-corrected chi connectivity index (χ1v) is 9.07. The molecule has 0 radical (unpaired) electrons. The van der Waals surface area contributed by atoms with Crippen LogP contribution in [0.4, 0.5) is 0 Å². The zero-order chi connectivity index (χ0) is 15.7. The summed E-state index contributed by atoms with van der Waals surface area (Å²) in [6.07, 6.45) is 4.99. The van der Waals surface area contributed by atoms with Crippen molar-refractivity contribution in [2.45, 2.75) is 44.0 Å². The molecule has 0 saturated carbocycles. The highest BCUT2D eigenvalue weighted by Crippen LogP contribution is 2.20. The van der Waals surface area contributed by atoms with E-state index in [1.165, 1.54) is 25.7 Å². The third-order valence-electron chi connectivity index (χ3n) is 3.98. The molecule has 0 aromatic carbocycles. The van der Waals surface area contributed by atoms with Crippen LogP contribution in [0.5, 0.6) is 0 Å². The first-order chi connectivity index (χ1) is 10.5. The molecule has 3 rings (SSSR count). The fraction of sp³-hybridized carbons (Fsp3) is 0.571. The molecule has 1 aliphatic rings. The standard InChI is InChI=1S/C14H20N4O3S/c1-2-3-10-18-14(19)17-11-12(6-7-13(17)15-18)22(20,21)16-8-4-5-9-16/h6-7,11H,2-5,8-10H2,1H3. The number of aryl methyl sites for hydroxylation is 1.